The summed E-state index contributed by atoms with van der Waals surface area (Å²) in [5, 5.41) is 0.207. The molecule has 0 unspecified atom stereocenters. The number of rotatable bonds is 5. The van der Waals surface area contributed by atoms with Gasteiger partial charge in [0.15, 0.2) is 19.9 Å². The zero-order valence-corrected chi connectivity index (χ0v) is 16.8. The normalized spacial score (nSPS) is 29.7. The first-order valence-electron chi connectivity index (χ1n) is 8.26. The summed E-state index contributed by atoms with van der Waals surface area (Å²) in [5.74, 6) is -0.693. The van der Waals surface area contributed by atoms with E-state index in [1.54, 1.807) is 6.92 Å². The molecule has 0 radical (unpaired) electrons. The van der Waals surface area contributed by atoms with Crippen molar-refractivity contribution in [3.63, 3.8) is 0 Å². The molecule has 0 aromatic rings. The van der Waals surface area contributed by atoms with Crippen LogP contribution in [-0.4, -0.2) is 38.2 Å². The van der Waals surface area contributed by atoms with E-state index in [1.807, 2.05) is 20.8 Å². The van der Waals surface area contributed by atoms with Gasteiger partial charge in [0.1, 0.15) is 11.7 Å². The van der Waals surface area contributed by atoms with Gasteiger partial charge in [-0.1, -0.05) is 20.8 Å². The third kappa shape index (κ3) is 4.63. The van der Waals surface area contributed by atoms with Gasteiger partial charge in [-0.25, -0.2) is 0 Å². The summed E-state index contributed by atoms with van der Waals surface area (Å²) >= 11 is 0. The number of hydrogen-bond donors (Lipinski definition) is 0. The lowest BCUT2D eigenvalue weighted by Crippen LogP contribution is -2.57. The summed E-state index contributed by atoms with van der Waals surface area (Å²) in [6, 6.07) is 0. The molecule has 130 valence electrons. The zero-order chi connectivity index (χ0) is 17.4. The quantitative estimate of drug-likeness (QED) is 0.557. The largest absolute Gasteiger partial charge is 0.417 e. The summed E-state index contributed by atoms with van der Waals surface area (Å²) in [6.07, 6.45) is 1.06. The Bertz CT molecular complexity index is 411. The molecule has 4 nitrogen and oxygen atoms in total. The van der Waals surface area contributed by atoms with E-state index in [0.717, 1.165) is 6.42 Å². The van der Waals surface area contributed by atoms with Crippen molar-refractivity contribution in [2.24, 2.45) is 0 Å². The molecule has 1 fully saturated rings. The molecule has 0 spiro atoms. The van der Waals surface area contributed by atoms with Gasteiger partial charge in [-0.05, 0) is 58.7 Å². The van der Waals surface area contributed by atoms with Crippen molar-refractivity contribution in [2.45, 2.75) is 96.9 Å². The van der Waals surface area contributed by atoms with Crippen molar-refractivity contribution >= 4 is 14.1 Å². The van der Waals surface area contributed by atoms with E-state index in [4.69, 9.17) is 13.9 Å². The number of hydrogen-bond acceptors (Lipinski definition) is 4. The van der Waals surface area contributed by atoms with E-state index in [1.165, 1.54) is 0 Å². The average molecular weight is 331 g/mol. The number of ketones is 1. The van der Waals surface area contributed by atoms with Gasteiger partial charge in [-0.3, -0.25) is 4.79 Å². The van der Waals surface area contributed by atoms with Gasteiger partial charge in [0.05, 0.1) is 0 Å². The van der Waals surface area contributed by atoms with Gasteiger partial charge in [0.25, 0.3) is 0 Å². The summed E-state index contributed by atoms with van der Waals surface area (Å²) in [7, 11) is -1.73. The second kappa shape index (κ2) is 6.34. The predicted octanol–water partition coefficient (Wildman–Crippen LogP) is 4.29. The van der Waals surface area contributed by atoms with Gasteiger partial charge >= 0.3 is 0 Å². The Labute approximate surface area is 137 Å². The fourth-order valence-corrected chi connectivity index (χ4v) is 3.74. The van der Waals surface area contributed by atoms with Crippen LogP contribution < -0.4 is 0 Å². The van der Waals surface area contributed by atoms with Crippen molar-refractivity contribution in [1.82, 2.24) is 0 Å². The Hall–Kier alpha value is -0.233. The second-order valence-corrected chi connectivity index (χ2v) is 13.4. The maximum Gasteiger partial charge on any atom is 0.192 e. The minimum atomic E-state index is -1.73. The van der Waals surface area contributed by atoms with Crippen LogP contribution in [0, 0.1) is 0 Å². The predicted molar refractivity (Wildman–Crippen MR) is 91.5 cm³/mol. The molecule has 1 aliphatic rings. The lowest BCUT2D eigenvalue weighted by Gasteiger charge is -2.45. The fourth-order valence-electron chi connectivity index (χ4n) is 2.65. The molecule has 0 bridgehead atoms. The lowest BCUT2D eigenvalue weighted by molar-refractivity contribution is -0.302. The molecule has 22 heavy (non-hydrogen) atoms. The van der Waals surface area contributed by atoms with Gasteiger partial charge in [0, 0.05) is 6.61 Å². The fraction of sp³-hybridized carbons (Fsp3) is 0.941. The number of ether oxygens (including phenoxy) is 2. The molecule has 0 aliphatic carbocycles. The van der Waals surface area contributed by atoms with E-state index >= 15 is 0 Å². The first-order chi connectivity index (χ1) is 9.70. The minimum Gasteiger partial charge on any atom is -0.417 e. The molecule has 5 heteroatoms. The summed E-state index contributed by atoms with van der Waals surface area (Å²) in [5.41, 5.74) is -0.780. The Morgan fingerprint density at radius 2 is 1.77 bits per heavy atom. The maximum absolute atomic E-state index is 12.4. The van der Waals surface area contributed by atoms with Crippen LogP contribution >= 0.6 is 0 Å². The third-order valence-electron chi connectivity index (χ3n) is 4.89. The molecule has 0 aromatic heterocycles. The van der Waals surface area contributed by atoms with E-state index in [-0.39, 0.29) is 10.8 Å². The monoisotopic (exact) mass is 330 g/mol. The van der Waals surface area contributed by atoms with Gasteiger partial charge in [-0.2, -0.15) is 0 Å². The van der Waals surface area contributed by atoms with Gasteiger partial charge < -0.3 is 13.9 Å². The molecule has 0 saturated carbocycles. The summed E-state index contributed by atoms with van der Waals surface area (Å²) in [6.45, 7) is 19.3. The van der Waals surface area contributed by atoms with Crippen molar-refractivity contribution in [1.29, 1.82) is 0 Å². The van der Waals surface area contributed by atoms with Crippen LogP contribution in [-0.2, 0) is 18.7 Å². The van der Waals surface area contributed by atoms with Gasteiger partial charge in [0.2, 0.25) is 0 Å². The minimum absolute atomic E-state index is 0.0270. The Kier molecular flexibility index (Phi) is 5.71. The summed E-state index contributed by atoms with van der Waals surface area (Å²) in [4.78, 5) is 12.4. The molecule has 0 N–H and O–H groups in total. The summed E-state index contributed by atoms with van der Waals surface area (Å²) < 4.78 is 17.7. The first kappa shape index (κ1) is 19.8. The van der Waals surface area contributed by atoms with Crippen molar-refractivity contribution in [3.8, 4) is 0 Å². The molecule has 1 heterocycles. The van der Waals surface area contributed by atoms with Crippen LogP contribution in [0.3, 0.4) is 0 Å². The molecule has 1 saturated heterocycles. The highest BCUT2D eigenvalue weighted by Gasteiger charge is 2.48. The molecule has 1 aliphatic heterocycles. The van der Waals surface area contributed by atoms with Crippen LogP contribution in [0.4, 0.5) is 0 Å². The smallest absolute Gasteiger partial charge is 0.192 e. The molecule has 0 amide bonds. The van der Waals surface area contributed by atoms with Crippen LogP contribution in [0.15, 0.2) is 0 Å². The highest BCUT2D eigenvalue weighted by atomic mass is 28.4. The standard InChI is InChI=1S/C17H34O4Si/c1-13-14(18)17(7,21-16(5,6)20-13)11-10-12-19-22(8,9)15(2,3)4/h13H,10-12H2,1-9H3/t13-,17-/m1/s1. The van der Waals surface area contributed by atoms with E-state index in [0.29, 0.717) is 13.0 Å². The van der Waals surface area contributed by atoms with Crippen molar-refractivity contribution < 1.29 is 18.7 Å². The van der Waals surface area contributed by atoms with Crippen molar-refractivity contribution in [3.05, 3.63) is 0 Å². The molecular formula is C17H34O4Si. The topological polar surface area (TPSA) is 44.8 Å². The maximum atomic E-state index is 12.4. The molecule has 2 atom stereocenters. The molecular weight excluding hydrogens is 296 g/mol. The van der Waals surface area contributed by atoms with Crippen LogP contribution in [0.2, 0.25) is 18.1 Å². The highest BCUT2D eigenvalue weighted by molar-refractivity contribution is 6.74. The third-order valence-corrected chi connectivity index (χ3v) is 9.43. The lowest BCUT2D eigenvalue weighted by atomic mass is 9.90. The van der Waals surface area contributed by atoms with Gasteiger partial charge in [-0.15, -0.1) is 0 Å². The SMILES string of the molecule is C[C@H]1OC(C)(C)O[C@](C)(CCCO[Si](C)(C)C(C)(C)C)C1=O. The molecule has 1 rings (SSSR count). The van der Waals surface area contributed by atoms with Crippen LogP contribution in [0.1, 0.15) is 61.3 Å². The highest BCUT2D eigenvalue weighted by Crippen LogP contribution is 2.37. The average Bonchev–Trinajstić information content (AvgIpc) is 2.29. The van der Waals surface area contributed by atoms with Crippen molar-refractivity contribution in [2.75, 3.05) is 6.61 Å². The van der Waals surface area contributed by atoms with Crippen LogP contribution in [0.5, 0.6) is 0 Å². The van der Waals surface area contributed by atoms with E-state index in [9.17, 15) is 4.79 Å². The zero-order valence-electron chi connectivity index (χ0n) is 15.8. The Morgan fingerprint density at radius 3 is 2.27 bits per heavy atom. The Balaban J connectivity index is 2.58. The second-order valence-electron chi connectivity index (χ2n) is 8.57. The van der Waals surface area contributed by atoms with E-state index in [2.05, 4.69) is 33.9 Å². The van der Waals surface area contributed by atoms with E-state index < -0.39 is 25.8 Å². The molecule has 0 aromatic carbocycles. The number of carbonyl (C=O) groups is 1. The first-order valence-corrected chi connectivity index (χ1v) is 11.2. The number of carbonyl (C=O) groups excluding carboxylic acids is 1. The Morgan fingerprint density at radius 1 is 1.23 bits per heavy atom. The number of Topliss-reactive ketones (excluding diaryl/α,β-unsaturated/α-hetero) is 1. The van der Waals surface area contributed by atoms with Crippen LogP contribution in [0.25, 0.3) is 0 Å².